The molecule has 39 heavy (non-hydrogen) atoms. The Morgan fingerprint density at radius 3 is 2.26 bits per heavy atom. The number of hydrogen-bond acceptors (Lipinski definition) is 5. The molecule has 2 aromatic heterocycles. The second-order valence-electron chi connectivity index (χ2n) is 11.4. The fraction of sp³-hybridized carbons (Fsp3) is 0.400. The lowest BCUT2D eigenvalue weighted by atomic mass is 9.96. The number of benzene rings is 2. The molecule has 7 nitrogen and oxygen atoms in total. The van der Waals surface area contributed by atoms with Crippen molar-refractivity contribution in [3.05, 3.63) is 65.2 Å². The minimum atomic E-state index is -2.45. The van der Waals surface area contributed by atoms with Gasteiger partial charge in [-0.25, -0.2) is 10.2 Å². The van der Waals surface area contributed by atoms with Crippen LogP contribution >= 0.6 is 0 Å². The predicted octanol–water partition coefficient (Wildman–Crippen LogP) is 6.25. The molecular weight excluding hydrogens is 511 g/mol. The van der Waals surface area contributed by atoms with Crippen molar-refractivity contribution < 1.29 is 18.7 Å². The molecule has 0 unspecified atom stereocenters. The van der Waals surface area contributed by atoms with Crippen molar-refractivity contribution in [1.29, 1.82) is 0 Å². The number of rotatable bonds is 9. The van der Waals surface area contributed by atoms with Crippen molar-refractivity contribution in [1.82, 2.24) is 15.0 Å². The van der Waals surface area contributed by atoms with Crippen molar-refractivity contribution in [2.75, 3.05) is 0 Å². The van der Waals surface area contributed by atoms with E-state index in [1.54, 1.807) is 29.9 Å². The number of fused-ring (bicyclic) bond motifs is 2. The highest BCUT2D eigenvalue weighted by Crippen LogP contribution is 2.49. The molecule has 4 aromatic rings. The van der Waals surface area contributed by atoms with Crippen molar-refractivity contribution in [2.24, 2.45) is 12.9 Å². The van der Waals surface area contributed by atoms with E-state index in [0.29, 0.717) is 45.3 Å². The van der Waals surface area contributed by atoms with E-state index >= 15 is 0 Å². The highest BCUT2D eigenvalue weighted by atomic mass is 28.4. The maximum absolute atomic E-state index is 13.5. The molecule has 0 bridgehead atoms. The van der Waals surface area contributed by atoms with Crippen LogP contribution in [0.5, 0.6) is 11.6 Å². The van der Waals surface area contributed by atoms with Crippen LogP contribution in [0.2, 0.25) is 16.6 Å². The van der Waals surface area contributed by atoms with Gasteiger partial charge >= 0.3 is 0 Å². The van der Waals surface area contributed by atoms with Crippen LogP contribution in [0.25, 0.3) is 21.7 Å². The highest BCUT2D eigenvalue weighted by molar-refractivity contribution is 6.78. The van der Waals surface area contributed by atoms with Crippen LogP contribution in [-0.4, -0.2) is 28.9 Å². The number of nitrogens with zero attached hydrogens (tertiary/aromatic N) is 2. The molecule has 0 aliphatic heterocycles. The molecule has 2 aromatic carbocycles. The zero-order valence-electron chi connectivity index (χ0n) is 23.8. The average molecular weight is 551 g/mol. The van der Waals surface area contributed by atoms with E-state index in [9.17, 15) is 14.3 Å². The fourth-order valence-corrected chi connectivity index (χ4v) is 11.5. The highest BCUT2D eigenvalue weighted by Gasteiger charge is 2.48. The lowest BCUT2D eigenvalue weighted by Crippen LogP contribution is -2.50. The van der Waals surface area contributed by atoms with Crippen molar-refractivity contribution >= 4 is 35.9 Å². The number of amides is 1. The summed E-state index contributed by atoms with van der Waals surface area (Å²) >= 11 is 0. The quantitative estimate of drug-likeness (QED) is 0.0990. The van der Waals surface area contributed by atoms with Gasteiger partial charge in [0.2, 0.25) is 11.8 Å². The van der Waals surface area contributed by atoms with Gasteiger partial charge < -0.3 is 14.1 Å². The zero-order valence-corrected chi connectivity index (χ0v) is 24.8. The predicted molar refractivity (Wildman–Crippen MR) is 157 cm³/mol. The fourth-order valence-electron chi connectivity index (χ4n) is 6.22. The lowest BCUT2D eigenvalue weighted by Gasteiger charge is -2.42. The van der Waals surface area contributed by atoms with E-state index in [-0.39, 0.29) is 24.0 Å². The van der Waals surface area contributed by atoms with Gasteiger partial charge in [0.1, 0.15) is 17.1 Å². The Hall–Kier alpha value is -3.43. The van der Waals surface area contributed by atoms with Gasteiger partial charge in [-0.2, -0.15) is 0 Å². The smallest absolute Gasteiger partial charge is 0.258 e. The molecule has 0 aliphatic carbocycles. The van der Waals surface area contributed by atoms with E-state index in [2.05, 4.69) is 47.0 Å². The topological polar surface area (TPSA) is 102 Å². The Morgan fingerprint density at radius 2 is 1.69 bits per heavy atom. The Balaban J connectivity index is 2.05. The minimum absolute atomic E-state index is 0.00995. The maximum Gasteiger partial charge on any atom is 0.258 e. The molecule has 0 atom stereocenters. The first-order valence-electron chi connectivity index (χ1n) is 13.4. The summed E-state index contributed by atoms with van der Waals surface area (Å²) in [7, 11) is -0.682. The third kappa shape index (κ3) is 5.13. The molecule has 0 radical (unpaired) electrons. The molecule has 208 valence electrons. The third-order valence-electron chi connectivity index (χ3n) is 7.99. The summed E-state index contributed by atoms with van der Waals surface area (Å²) < 4.78 is 22.3. The molecule has 4 N–H and O–H groups in total. The second-order valence-corrected chi connectivity index (χ2v) is 16.7. The van der Waals surface area contributed by atoms with Gasteiger partial charge in [-0.05, 0) is 57.9 Å². The second kappa shape index (κ2) is 11.0. The van der Waals surface area contributed by atoms with E-state index in [4.69, 9.17) is 15.3 Å². The first kappa shape index (κ1) is 28.6. The SMILES string of the molecule is CC(C)[Si](Oc1c2ncc(Cc3ccc(F)cc3)cc2c(CC(=O)NN)c2cn(C)c(O)c12)(C(C)C)C(C)C. The van der Waals surface area contributed by atoms with Crippen LogP contribution in [0.3, 0.4) is 0 Å². The summed E-state index contributed by atoms with van der Waals surface area (Å²) in [5, 5.41) is 13.3. The van der Waals surface area contributed by atoms with E-state index in [1.165, 1.54) is 12.1 Å². The van der Waals surface area contributed by atoms with Gasteiger partial charge in [0.15, 0.2) is 0 Å². The van der Waals surface area contributed by atoms with Crippen molar-refractivity contribution in [3.63, 3.8) is 0 Å². The molecular formula is C30H39FN4O3Si. The molecule has 0 saturated heterocycles. The molecule has 4 rings (SSSR count). The van der Waals surface area contributed by atoms with Crippen molar-refractivity contribution in [2.45, 2.75) is 71.0 Å². The average Bonchev–Trinajstić information content (AvgIpc) is 3.18. The van der Waals surface area contributed by atoms with Crippen LogP contribution in [0.4, 0.5) is 4.39 Å². The van der Waals surface area contributed by atoms with Crippen LogP contribution in [0.15, 0.2) is 42.7 Å². The number of aryl methyl sites for hydroxylation is 1. The first-order valence-corrected chi connectivity index (χ1v) is 15.6. The maximum atomic E-state index is 13.5. The van der Waals surface area contributed by atoms with Gasteiger partial charge in [0, 0.05) is 30.2 Å². The summed E-state index contributed by atoms with van der Waals surface area (Å²) in [5.74, 6) is 5.47. The summed E-state index contributed by atoms with van der Waals surface area (Å²) in [6.45, 7) is 13.3. The Morgan fingerprint density at radius 1 is 1.08 bits per heavy atom. The number of hydrazine groups is 1. The third-order valence-corrected chi connectivity index (χ3v) is 14.0. The van der Waals surface area contributed by atoms with Crippen LogP contribution < -0.4 is 15.7 Å². The monoisotopic (exact) mass is 550 g/mol. The number of pyridine rings is 1. The summed E-state index contributed by atoms with van der Waals surface area (Å²) in [5.41, 5.74) is 6.30. The lowest BCUT2D eigenvalue weighted by molar-refractivity contribution is -0.120. The number of nitrogens with two attached hydrogens (primary N) is 1. The van der Waals surface area contributed by atoms with Crippen molar-refractivity contribution in [3.8, 4) is 11.6 Å². The summed E-state index contributed by atoms with van der Waals surface area (Å²) in [6, 6.07) is 8.41. The number of carbonyl (C=O) groups is 1. The van der Waals surface area contributed by atoms with Gasteiger partial charge in [-0.15, -0.1) is 0 Å². The van der Waals surface area contributed by atoms with E-state index in [1.807, 2.05) is 12.3 Å². The Labute approximate surface area is 230 Å². The standard InChI is InChI=1S/C30H39FN4O3Si/c1-17(2)39(18(3)4,19(5)6)38-29-27-25(16-35(7)30(27)37)23(14-26(36)34-32)24-13-21(15-33-28(24)29)12-20-8-10-22(31)11-9-20/h8-11,13,15-19,37H,12,14,32H2,1-7H3,(H,34,36). The molecule has 2 heterocycles. The molecule has 0 saturated carbocycles. The number of halogens is 1. The number of nitrogens with one attached hydrogen (secondary N) is 1. The van der Waals surface area contributed by atoms with E-state index in [0.717, 1.165) is 21.9 Å². The number of hydrogen-bond donors (Lipinski definition) is 3. The van der Waals surface area contributed by atoms with Gasteiger partial charge in [0.25, 0.3) is 8.32 Å². The molecule has 1 amide bonds. The van der Waals surface area contributed by atoms with Gasteiger partial charge in [-0.1, -0.05) is 53.7 Å². The molecule has 0 spiro atoms. The summed E-state index contributed by atoms with van der Waals surface area (Å²) in [6.07, 6.45) is 4.17. The summed E-state index contributed by atoms with van der Waals surface area (Å²) in [4.78, 5) is 17.5. The Kier molecular flexibility index (Phi) is 8.04. The van der Waals surface area contributed by atoms with E-state index < -0.39 is 8.32 Å². The molecule has 0 fully saturated rings. The normalized spacial score (nSPS) is 12.3. The minimum Gasteiger partial charge on any atom is -0.541 e. The van der Waals surface area contributed by atoms with Crippen LogP contribution in [-0.2, 0) is 24.7 Å². The largest absolute Gasteiger partial charge is 0.541 e. The van der Waals surface area contributed by atoms with Crippen LogP contribution in [0, 0.1) is 5.82 Å². The molecule has 9 heteroatoms. The van der Waals surface area contributed by atoms with Gasteiger partial charge in [-0.3, -0.25) is 15.2 Å². The Bertz CT molecular complexity index is 1490. The number of aromatic nitrogens is 2. The zero-order chi connectivity index (χ0) is 28.6. The number of aromatic hydroxyl groups is 1. The first-order chi connectivity index (χ1) is 18.4. The van der Waals surface area contributed by atoms with Gasteiger partial charge in [0.05, 0.1) is 11.8 Å². The van der Waals surface area contributed by atoms with Crippen LogP contribution in [0.1, 0.15) is 58.2 Å². The molecule has 0 aliphatic rings. The number of carbonyl (C=O) groups excluding carboxylic acids is 1.